The van der Waals surface area contributed by atoms with E-state index in [1.54, 1.807) is 12.1 Å². The van der Waals surface area contributed by atoms with Crippen molar-refractivity contribution in [2.24, 2.45) is 0 Å². The summed E-state index contributed by atoms with van der Waals surface area (Å²) in [4.78, 5) is 11.4. The summed E-state index contributed by atoms with van der Waals surface area (Å²) >= 11 is 5.65. The lowest BCUT2D eigenvalue weighted by Gasteiger charge is -2.25. The van der Waals surface area contributed by atoms with E-state index in [9.17, 15) is 18.0 Å². The number of rotatable bonds is 3. The van der Waals surface area contributed by atoms with Crippen molar-refractivity contribution >= 4 is 23.2 Å². The van der Waals surface area contributed by atoms with Crippen LogP contribution in [0.4, 0.5) is 18.9 Å². The van der Waals surface area contributed by atoms with E-state index in [1.165, 1.54) is 12.1 Å². The molecular weight excluding hydrogens is 271 g/mol. The first-order chi connectivity index (χ1) is 8.12. The predicted molar refractivity (Wildman–Crippen MR) is 61.4 cm³/mol. The first kappa shape index (κ1) is 14.8. The van der Waals surface area contributed by atoms with Crippen molar-refractivity contribution < 1.29 is 23.1 Å². The molecule has 0 aromatic heterocycles. The standard InChI is InChI=1S/C11H11ClF3NO2/c1-10(18,11(13,14)15)6-9(17)16-8-4-2-3-7(12)5-8/h2-5,18H,6H2,1H3,(H,16,17)/t10-/m1/s1. The van der Waals surface area contributed by atoms with Gasteiger partial charge in [-0.1, -0.05) is 17.7 Å². The molecule has 0 aliphatic carbocycles. The SMILES string of the molecule is C[C@@](O)(CC(=O)Nc1cccc(Cl)c1)C(F)(F)F. The van der Waals surface area contributed by atoms with E-state index < -0.39 is 24.1 Å². The van der Waals surface area contributed by atoms with Crippen molar-refractivity contribution in [1.29, 1.82) is 0 Å². The second kappa shape index (κ2) is 5.16. The summed E-state index contributed by atoms with van der Waals surface area (Å²) < 4.78 is 37.0. The summed E-state index contributed by atoms with van der Waals surface area (Å²) in [5.41, 5.74) is -2.79. The fourth-order valence-corrected chi connectivity index (χ4v) is 1.37. The summed E-state index contributed by atoms with van der Waals surface area (Å²) in [6, 6.07) is 5.97. The van der Waals surface area contributed by atoms with Crippen molar-refractivity contribution in [3.8, 4) is 0 Å². The Hall–Kier alpha value is -1.27. The van der Waals surface area contributed by atoms with Crippen LogP contribution in [0.2, 0.25) is 5.02 Å². The Labute approximate surface area is 107 Å². The van der Waals surface area contributed by atoms with Crippen LogP contribution in [0.15, 0.2) is 24.3 Å². The zero-order valence-corrected chi connectivity index (χ0v) is 10.1. The van der Waals surface area contributed by atoms with E-state index in [4.69, 9.17) is 16.7 Å². The third-order valence-corrected chi connectivity index (χ3v) is 2.46. The van der Waals surface area contributed by atoms with Gasteiger partial charge in [-0.25, -0.2) is 0 Å². The van der Waals surface area contributed by atoms with Gasteiger partial charge in [0.25, 0.3) is 0 Å². The maximum Gasteiger partial charge on any atom is 0.417 e. The third kappa shape index (κ3) is 3.89. The number of nitrogens with one attached hydrogen (secondary N) is 1. The molecule has 0 saturated heterocycles. The average molecular weight is 282 g/mol. The Morgan fingerprint density at radius 2 is 2.06 bits per heavy atom. The molecule has 100 valence electrons. The number of benzene rings is 1. The van der Waals surface area contributed by atoms with Gasteiger partial charge >= 0.3 is 6.18 Å². The molecule has 1 aromatic rings. The molecule has 1 aromatic carbocycles. The molecular formula is C11H11ClF3NO2. The molecule has 3 nitrogen and oxygen atoms in total. The summed E-state index contributed by atoms with van der Waals surface area (Å²) in [7, 11) is 0. The number of alkyl halides is 3. The molecule has 7 heteroatoms. The van der Waals surface area contributed by atoms with Crippen molar-refractivity contribution in [2.45, 2.75) is 25.1 Å². The van der Waals surface area contributed by atoms with Gasteiger partial charge in [-0.2, -0.15) is 13.2 Å². The lowest BCUT2D eigenvalue weighted by atomic mass is 10.0. The molecule has 0 fully saturated rings. The number of anilines is 1. The molecule has 0 radical (unpaired) electrons. The zero-order valence-electron chi connectivity index (χ0n) is 9.38. The van der Waals surface area contributed by atoms with Crippen LogP contribution >= 0.6 is 11.6 Å². The summed E-state index contributed by atoms with van der Waals surface area (Å²) in [5, 5.41) is 11.7. The average Bonchev–Trinajstić information content (AvgIpc) is 2.14. The summed E-state index contributed by atoms with van der Waals surface area (Å²) in [6.45, 7) is 0.546. The Morgan fingerprint density at radius 1 is 1.44 bits per heavy atom. The Morgan fingerprint density at radius 3 is 2.56 bits per heavy atom. The first-order valence-electron chi connectivity index (χ1n) is 4.96. The van der Waals surface area contributed by atoms with Gasteiger partial charge in [-0.05, 0) is 25.1 Å². The Bertz CT molecular complexity index is 446. The van der Waals surface area contributed by atoms with Crippen molar-refractivity contribution in [1.82, 2.24) is 0 Å². The smallest absolute Gasteiger partial charge is 0.380 e. The van der Waals surface area contributed by atoms with Crippen molar-refractivity contribution in [3.63, 3.8) is 0 Å². The van der Waals surface area contributed by atoms with E-state index in [0.717, 1.165) is 0 Å². The normalized spacial score (nSPS) is 15.0. The summed E-state index contributed by atoms with van der Waals surface area (Å²) in [6.07, 6.45) is -5.94. The van der Waals surface area contributed by atoms with Crippen LogP contribution in [0.25, 0.3) is 0 Å². The van der Waals surface area contributed by atoms with E-state index in [2.05, 4.69) is 5.32 Å². The van der Waals surface area contributed by atoms with Crippen LogP contribution < -0.4 is 5.32 Å². The highest BCUT2D eigenvalue weighted by Gasteiger charge is 2.50. The van der Waals surface area contributed by atoms with Crippen molar-refractivity contribution in [2.75, 3.05) is 5.32 Å². The zero-order chi connectivity index (χ0) is 14.0. The Balaban J connectivity index is 2.68. The van der Waals surface area contributed by atoms with Gasteiger partial charge in [0.1, 0.15) is 0 Å². The number of hydrogen-bond donors (Lipinski definition) is 2. The fourth-order valence-electron chi connectivity index (χ4n) is 1.18. The molecule has 2 N–H and O–H groups in total. The number of hydrogen-bond acceptors (Lipinski definition) is 2. The second-order valence-corrected chi connectivity index (χ2v) is 4.44. The van der Waals surface area contributed by atoms with Crippen LogP contribution in [0.3, 0.4) is 0 Å². The molecule has 18 heavy (non-hydrogen) atoms. The van der Waals surface area contributed by atoms with Gasteiger partial charge in [0, 0.05) is 10.7 Å². The van der Waals surface area contributed by atoms with Gasteiger partial charge in [0.05, 0.1) is 6.42 Å². The van der Waals surface area contributed by atoms with Gasteiger partial charge in [-0.15, -0.1) is 0 Å². The largest absolute Gasteiger partial charge is 0.417 e. The molecule has 0 spiro atoms. The lowest BCUT2D eigenvalue weighted by molar-refractivity contribution is -0.252. The molecule has 0 heterocycles. The van der Waals surface area contributed by atoms with Crippen molar-refractivity contribution in [3.05, 3.63) is 29.3 Å². The molecule has 1 amide bonds. The van der Waals surface area contributed by atoms with Crippen LogP contribution in [0, 0.1) is 0 Å². The van der Waals surface area contributed by atoms with Gasteiger partial charge < -0.3 is 10.4 Å². The van der Waals surface area contributed by atoms with E-state index in [-0.39, 0.29) is 5.69 Å². The van der Waals surface area contributed by atoms with Crippen LogP contribution in [-0.4, -0.2) is 22.8 Å². The van der Waals surface area contributed by atoms with E-state index >= 15 is 0 Å². The van der Waals surface area contributed by atoms with Gasteiger partial charge in [-0.3, -0.25) is 4.79 Å². The highest BCUT2D eigenvalue weighted by atomic mass is 35.5. The molecule has 0 aliphatic heterocycles. The maximum absolute atomic E-state index is 12.3. The first-order valence-corrected chi connectivity index (χ1v) is 5.34. The molecule has 0 unspecified atom stereocenters. The maximum atomic E-state index is 12.3. The second-order valence-electron chi connectivity index (χ2n) is 4.01. The molecule has 0 saturated carbocycles. The fraction of sp³-hybridized carbons (Fsp3) is 0.364. The quantitative estimate of drug-likeness (QED) is 0.895. The predicted octanol–water partition coefficient (Wildman–Crippen LogP) is 2.98. The lowest BCUT2D eigenvalue weighted by Crippen LogP contribution is -2.44. The Kier molecular flexibility index (Phi) is 4.24. The van der Waals surface area contributed by atoms with E-state index in [0.29, 0.717) is 11.9 Å². The summed E-state index contributed by atoms with van der Waals surface area (Å²) in [5.74, 6) is -0.945. The van der Waals surface area contributed by atoms with Gasteiger partial charge in [0.15, 0.2) is 5.60 Å². The monoisotopic (exact) mass is 281 g/mol. The minimum atomic E-state index is -4.86. The highest BCUT2D eigenvalue weighted by Crippen LogP contribution is 2.32. The highest BCUT2D eigenvalue weighted by molar-refractivity contribution is 6.30. The number of carbonyl (C=O) groups is 1. The topological polar surface area (TPSA) is 49.3 Å². The minimum Gasteiger partial charge on any atom is -0.380 e. The minimum absolute atomic E-state index is 0.269. The third-order valence-electron chi connectivity index (χ3n) is 2.22. The van der Waals surface area contributed by atoms with Crippen LogP contribution in [0.5, 0.6) is 0 Å². The number of aliphatic hydroxyl groups is 1. The van der Waals surface area contributed by atoms with Crippen LogP contribution in [0.1, 0.15) is 13.3 Å². The molecule has 0 bridgehead atoms. The number of carbonyl (C=O) groups excluding carboxylic acids is 1. The number of halogens is 4. The molecule has 1 rings (SSSR count). The molecule has 1 atom stereocenters. The molecule has 0 aliphatic rings. The van der Waals surface area contributed by atoms with Crippen LogP contribution in [-0.2, 0) is 4.79 Å². The van der Waals surface area contributed by atoms with Gasteiger partial charge in [0.2, 0.25) is 5.91 Å². The van der Waals surface area contributed by atoms with E-state index in [1.807, 2.05) is 0 Å². The number of amides is 1.